The molecule has 0 N–H and O–H groups in total. The van der Waals surface area contributed by atoms with Gasteiger partial charge in [-0.1, -0.05) is 6.07 Å². The van der Waals surface area contributed by atoms with Crippen molar-refractivity contribution in [1.82, 2.24) is 19.5 Å². The normalized spacial score (nSPS) is 12.4. The van der Waals surface area contributed by atoms with Gasteiger partial charge in [0.2, 0.25) is 0 Å². The van der Waals surface area contributed by atoms with Crippen LogP contribution in [-0.2, 0) is 12.4 Å². The Kier molecular flexibility index (Phi) is 5.08. The van der Waals surface area contributed by atoms with Crippen LogP contribution < -0.4 is 5.56 Å². The maximum atomic E-state index is 13.3. The van der Waals surface area contributed by atoms with Crippen LogP contribution in [0.2, 0.25) is 0 Å². The molecule has 0 bridgehead atoms. The largest absolute Gasteiger partial charge is 0.417 e. The van der Waals surface area contributed by atoms with Crippen LogP contribution in [0.15, 0.2) is 78.0 Å². The Bertz CT molecular complexity index is 1660. The Morgan fingerprint density at radius 1 is 0.771 bits per heavy atom. The van der Waals surface area contributed by atoms with Crippen molar-refractivity contribution in [2.45, 2.75) is 12.4 Å². The predicted molar refractivity (Wildman–Crippen MR) is 116 cm³/mol. The second-order valence-corrected chi connectivity index (χ2v) is 7.64. The molecular formula is C24H12F6N4O. The molecule has 4 heterocycles. The number of hydrogen-bond acceptors (Lipinski definition) is 4. The molecule has 0 atom stereocenters. The quantitative estimate of drug-likeness (QED) is 0.226. The summed E-state index contributed by atoms with van der Waals surface area (Å²) in [5.41, 5.74) is -1.77. The van der Waals surface area contributed by atoms with Gasteiger partial charge >= 0.3 is 12.4 Å². The average molecular weight is 486 g/mol. The van der Waals surface area contributed by atoms with Gasteiger partial charge in [0.1, 0.15) is 5.52 Å². The molecule has 0 fully saturated rings. The first-order chi connectivity index (χ1) is 16.5. The highest BCUT2D eigenvalue weighted by molar-refractivity contribution is 6.02. The predicted octanol–water partition coefficient (Wildman–Crippen LogP) is 6.03. The molecule has 0 saturated heterocycles. The standard InChI is InChI=1S/C24H12F6N4O/c25-23(26,27)15-2-1-3-17(9-15)34-20(35)7-4-13-11-32-19-6-5-18(33-21(19)22(13)34)14-8-16(12-31-10-14)24(28,29)30/h1-12H. The second kappa shape index (κ2) is 7.90. The van der Waals surface area contributed by atoms with Crippen LogP contribution in [-0.4, -0.2) is 19.5 Å². The summed E-state index contributed by atoms with van der Waals surface area (Å²) in [5.74, 6) is 0. The first-order valence-corrected chi connectivity index (χ1v) is 10.0. The van der Waals surface area contributed by atoms with Crippen LogP contribution in [0.5, 0.6) is 0 Å². The van der Waals surface area contributed by atoms with E-state index in [9.17, 15) is 31.1 Å². The van der Waals surface area contributed by atoms with Gasteiger partial charge in [-0.3, -0.25) is 19.3 Å². The summed E-state index contributed by atoms with van der Waals surface area (Å²) in [6.07, 6.45) is -5.91. The van der Waals surface area contributed by atoms with Gasteiger partial charge in [-0.2, -0.15) is 26.3 Å². The third-order valence-corrected chi connectivity index (χ3v) is 5.36. The van der Waals surface area contributed by atoms with E-state index in [1.807, 2.05) is 0 Å². The summed E-state index contributed by atoms with van der Waals surface area (Å²) in [6, 6.07) is 10.7. The topological polar surface area (TPSA) is 60.7 Å². The van der Waals surface area contributed by atoms with Crippen molar-refractivity contribution in [2.75, 3.05) is 0 Å². The first kappa shape index (κ1) is 22.5. The van der Waals surface area contributed by atoms with Crippen molar-refractivity contribution in [3.05, 3.63) is 94.7 Å². The zero-order valence-electron chi connectivity index (χ0n) is 17.4. The van der Waals surface area contributed by atoms with E-state index in [4.69, 9.17) is 0 Å². The van der Waals surface area contributed by atoms with Gasteiger partial charge < -0.3 is 0 Å². The van der Waals surface area contributed by atoms with E-state index in [0.717, 1.165) is 22.8 Å². The molecule has 35 heavy (non-hydrogen) atoms. The highest BCUT2D eigenvalue weighted by Gasteiger charge is 2.32. The SMILES string of the molecule is O=c1ccc2cnc3ccc(-c4cncc(C(F)(F)F)c4)nc3c2n1-c1cccc(C(F)(F)F)c1. The lowest BCUT2D eigenvalue weighted by atomic mass is 10.1. The summed E-state index contributed by atoms with van der Waals surface area (Å²) in [4.78, 5) is 25.2. The number of hydrogen-bond donors (Lipinski definition) is 0. The Morgan fingerprint density at radius 3 is 2.29 bits per heavy atom. The summed E-state index contributed by atoms with van der Waals surface area (Å²) >= 11 is 0. The van der Waals surface area contributed by atoms with Crippen molar-refractivity contribution in [3.63, 3.8) is 0 Å². The van der Waals surface area contributed by atoms with Gasteiger partial charge in [0.15, 0.2) is 0 Å². The van der Waals surface area contributed by atoms with Gasteiger partial charge in [-0.05, 0) is 42.5 Å². The number of aromatic nitrogens is 4. The molecule has 0 spiro atoms. The number of fused-ring (bicyclic) bond motifs is 3. The lowest BCUT2D eigenvalue weighted by Gasteiger charge is -2.14. The summed E-state index contributed by atoms with van der Waals surface area (Å²) in [6.45, 7) is 0. The monoisotopic (exact) mass is 486 g/mol. The van der Waals surface area contributed by atoms with E-state index in [-0.39, 0.29) is 28.0 Å². The van der Waals surface area contributed by atoms with Crippen molar-refractivity contribution < 1.29 is 26.3 Å². The van der Waals surface area contributed by atoms with E-state index in [1.165, 1.54) is 48.8 Å². The Labute approximate surface area is 192 Å². The molecule has 0 aliphatic carbocycles. The zero-order chi connectivity index (χ0) is 25.0. The fraction of sp³-hybridized carbons (Fsp3) is 0.0833. The van der Waals surface area contributed by atoms with Crippen molar-refractivity contribution in [2.24, 2.45) is 0 Å². The fourth-order valence-electron chi connectivity index (χ4n) is 3.74. The second-order valence-electron chi connectivity index (χ2n) is 7.64. The molecule has 176 valence electrons. The Balaban J connectivity index is 1.80. The lowest BCUT2D eigenvalue weighted by molar-refractivity contribution is -0.138. The van der Waals surface area contributed by atoms with Crippen LogP contribution in [0, 0.1) is 0 Å². The maximum Gasteiger partial charge on any atom is 0.417 e. The summed E-state index contributed by atoms with van der Waals surface area (Å²) in [7, 11) is 0. The number of nitrogens with zero attached hydrogens (tertiary/aromatic N) is 4. The Hall–Kier alpha value is -4.28. The molecule has 0 saturated carbocycles. The highest BCUT2D eigenvalue weighted by Crippen LogP contribution is 2.33. The van der Waals surface area contributed by atoms with E-state index >= 15 is 0 Å². The minimum absolute atomic E-state index is 0.0455. The van der Waals surface area contributed by atoms with E-state index in [2.05, 4.69) is 15.0 Å². The third kappa shape index (κ3) is 4.09. The van der Waals surface area contributed by atoms with Crippen molar-refractivity contribution >= 4 is 21.9 Å². The van der Waals surface area contributed by atoms with Crippen LogP contribution in [0.4, 0.5) is 26.3 Å². The molecule has 0 amide bonds. The summed E-state index contributed by atoms with van der Waals surface area (Å²) in [5, 5.41) is 0.404. The van der Waals surface area contributed by atoms with Gasteiger partial charge in [-0.25, -0.2) is 4.98 Å². The van der Waals surface area contributed by atoms with Crippen molar-refractivity contribution in [3.8, 4) is 16.9 Å². The van der Waals surface area contributed by atoms with Gasteiger partial charge in [0, 0.05) is 41.3 Å². The first-order valence-electron chi connectivity index (χ1n) is 10.0. The molecular weight excluding hydrogens is 474 g/mol. The maximum absolute atomic E-state index is 13.3. The van der Waals surface area contributed by atoms with Crippen LogP contribution in [0.1, 0.15) is 11.1 Å². The molecule has 0 unspecified atom stereocenters. The molecule has 5 nitrogen and oxygen atoms in total. The zero-order valence-corrected chi connectivity index (χ0v) is 17.4. The van der Waals surface area contributed by atoms with E-state index < -0.39 is 29.0 Å². The van der Waals surface area contributed by atoms with E-state index in [0.29, 0.717) is 17.1 Å². The smallest absolute Gasteiger partial charge is 0.275 e. The number of pyridine rings is 4. The van der Waals surface area contributed by atoms with Gasteiger partial charge in [0.05, 0.1) is 27.9 Å². The Morgan fingerprint density at radius 2 is 1.54 bits per heavy atom. The van der Waals surface area contributed by atoms with Crippen LogP contribution in [0.3, 0.4) is 0 Å². The number of rotatable bonds is 2. The molecule has 5 rings (SSSR count). The molecule has 0 aliphatic rings. The molecule has 11 heteroatoms. The minimum atomic E-state index is -4.63. The van der Waals surface area contributed by atoms with Gasteiger partial charge in [-0.15, -0.1) is 0 Å². The fourth-order valence-corrected chi connectivity index (χ4v) is 3.74. The number of alkyl halides is 6. The number of halogens is 6. The van der Waals surface area contributed by atoms with E-state index in [1.54, 1.807) is 0 Å². The molecule has 5 aromatic rings. The number of benzene rings is 1. The highest BCUT2D eigenvalue weighted by atomic mass is 19.4. The van der Waals surface area contributed by atoms with Crippen molar-refractivity contribution in [1.29, 1.82) is 0 Å². The average Bonchev–Trinajstić information content (AvgIpc) is 2.82. The molecule has 0 aliphatic heterocycles. The molecule has 4 aromatic heterocycles. The minimum Gasteiger partial charge on any atom is -0.275 e. The molecule has 0 radical (unpaired) electrons. The molecule has 1 aromatic carbocycles. The van der Waals surface area contributed by atoms with Gasteiger partial charge in [0.25, 0.3) is 5.56 Å². The lowest BCUT2D eigenvalue weighted by Crippen LogP contribution is -2.18. The third-order valence-electron chi connectivity index (χ3n) is 5.36. The van der Waals surface area contributed by atoms with Crippen LogP contribution >= 0.6 is 0 Å². The van der Waals surface area contributed by atoms with Crippen LogP contribution in [0.25, 0.3) is 38.9 Å². The summed E-state index contributed by atoms with van der Waals surface area (Å²) < 4.78 is 80.5.